The van der Waals surface area contributed by atoms with Crippen LogP contribution in [0, 0.1) is 0 Å². The molecule has 0 bridgehead atoms. The molecule has 2 fully saturated rings. The minimum Gasteiger partial charge on any atom is -0.486 e. The fourth-order valence-corrected chi connectivity index (χ4v) is 5.99. The third-order valence-electron chi connectivity index (χ3n) is 8.37. The number of carboxylic acid groups (broad SMARTS) is 1. The highest BCUT2D eigenvalue weighted by Crippen LogP contribution is 2.43. The number of hydrogen-bond acceptors (Lipinski definition) is 6. The monoisotopic (exact) mass is 533 g/mol. The molecule has 1 saturated carbocycles. The van der Waals surface area contributed by atoms with Crippen molar-refractivity contribution in [1.29, 1.82) is 0 Å². The number of rotatable bonds is 4. The van der Waals surface area contributed by atoms with Crippen molar-refractivity contribution in [3.8, 4) is 16.9 Å². The van der Waals surface area contributed by atoms with Crippen LogP contribution < -0.4 is 4.74 Å². The molecule has 2 aliphatic heterocycles. The molecule has 7 rings (SSSR count). The average Bonchev–Trinajstić information content (AvgIpc) is 3.82. The second kappa shape index (κ2) is 9.26. The summed E-state index contributed by atoms with van der Waals surface area (Å²) in [4.78, 5) is 48.4. The van der Waals surface area contributed by atoms with Crippen molar-refractivity contribution in [2.45, 2.75) is 43.6 Å². The number of nitrogens with zero attached hydrogens (tertiary/aromatic N) is 3. The molecule has 0 atom stereocenters. The van der Waals surface area contributed by atoms with E-state index in [-0.39, 0.29) is 23.8 Å². The Morgan fingerprint density at radius 3 is 2.48 bits per heavy atom. The molecule has 1 spiro atoms. The molecule has 8 heteroatoms. The number of ether oxygens (including phenoxy) is 1. The zero-order valence-electron chi connectivity index (χ0n) is 21.8. The number of carbonyl (C=O) groups is 3. The molecule has 4 aromatic rings. The molecule has 1 aliphatic carbocycles. The van der Waals surface area contributed by atoms with E-state index in [1.165, 1.54) is 12.3 Å². The zero-order valence-corrected chi connectivity index (χ0v) is 21.8. The van der Waals surface area contributed by atoms with Gasteiger partial charge in [0.2, 0.25) is 0 Å². The van der Waals surface area contributed by atoms with Crippen LogP contribution in [-0.2, 0) is 0 Å². The van der Waals surface area contributed by atoms with E-state index in [0.29, 0.717) is 54.3 Å². The standard InChI is InChI=1S/C32H27N3O5/c36-27-18-32(40-28-6-5-21(15-25(27)28)22-8-11-33-26(17-22)31(38)39)9-13-35(14-10-32)30(37)23-4-1-19-7-12-34-29(20-2-3-20)24(19)16-23/h1,4-8,11-12,15-17,20H,2-3,9-10,13-14,18H2,(H,38,39). The first kappa shape index (κ1) is 24.5. The average molecular weight is 534 g/mol. The predicted molar refractivity (Wildman–Crippen MR) is 148 cm³/mol. The summed E-state index contributed by atoms with van der Waals surface area (Å²) >= 11 is 0. The number of likely N-dealkylation sites (tertiary alicyclic amines) is 1. The summed E-state index contributed by atoms with van der Waals surface area (Å²) in [6.45, 7) is 1.02. The van der Waals surface area contributed by atoms with Crippen molar-refractivity contribution in [3.05, 3.63) is 89.5 Å². The van der Waals surface area contributed by atoms with E-state index < -0.39 is 11.6 Å². The molecule has 3 aliphatic rings. The maximum atomic E-state index is 13.5. The van der Waals surface area contributed by atoms with Crippen LogP contribution in [0.2, 0.25) is 0 Å². The number of Topliss-reactive ketones (excluding diaryl/α,β-unsaturated/α-hetero) is 1. The molecule has 0 radical (unpaired) electrons. The van der Waals surface area contributed by atoms with Gasteiger partial charge in [-0.25, -0.2) is 9.78 Å². The molecular formula is C32H27N3O5. The summed E-state index contributed by atoms with van der Waals surface area (Å²) < 4.78 is 6.45. The number of fused-ring (bicyclic) bond motifs is 2. The normalized spacial score (nSPS) is 17.9. The molecule has 1 amide bonds. The maximum absolute atomic E-state index is 13.5. The second-order valence-electron chi connectivity index (χ2n) is 11.0. The van der Waals surface area contributed by atoms with Gasteiger partial charge in [0.05, 0.1) is 17.7 Å². The van der Waals surface area contributed by atoms with Crippen LogP contribution in [0.25, 0.3) is 21.9 Å². The second-order valence-corrected chi connectivity index (χ2v) is 11.0. The molecule has 200 valence electrons. The van der Waals surface area contributed by atoms with Crippen LogP contribution in [0.3, 0.4) is 0 Å². The van der Waals surface area contributed by atoms with Crippen LogP contribution in [0.4, 0.5) is 0 Å². The summed E-state index contributed by atoms with van der Waals surface area (Å²) in [7, 11) is 0. The Morgan fingerprint density at radius 2 is 1.70 bits per heavy atom. The summed E-state index contributed by atoms with van der Waals surface area (Å²) in [5.41, 5.74) is 2.96. The molecule has 40 heavy (non-hydrogen) atoms. The number of carbonyl (C=O) groups excluding carboxylic acids is 2. The van der Waals surface area contributed by atoms with Crippen LogP contribution in [0.5, 0.6) is 5.75 Å². The van der Waals surface area contributed by atoms with E-state index >= 15 is 0 Å². The van der Waals surface area contributed by atoms with Gasteiger partial charge in [0, 0.05) is 55.2 Å². The van der Waals surface area contributed by atoms with Gasteiger partial charge in [0.15, 0.2) is 5.78 Å². The fourth-order valence-electron chi connectivity index (χ4n) is 5.99. The number of benzene rings is 2. The first-order chi connectivity index (χ1) is 19.4. The lowest BCUT2D eigenvalue weighted by molar-refractivity contribution is -0.00570. The van der Waals surface area contributed by atoms with E-state index in [9.17, 15) is 19.5 Å². The SMILES string of the molecule is O=C(O)c1cc(-c2ccc3c(c2)C(=O)CC2(CCN(C(=O)c4ccc5ccnc(C6CC6)c5c4)CC2)O3)ccn1. The Balaban J connectivity index is 1.08. The minimum absolute atomic E-state index is 0.00684. The number of aromatic nitrogens is 2. The topological polar surface area (TPSA) is 110 Å². The summed E-state index contributed by atoms with van der Waals surface area (Å²) in [6, 6.07) is 16.4. The van der Waals surface area contributed by atoms with Crippen molar-refractivity contribution >= 4 is 28.4 Å². The number of piperidine rings is 1. The van der Waals surface area contributed by atoms with Gasteiger partial charge < -0.3 is 14.7 Å². The van der Waals surface area contributed by atoms with Crippen molar-refractivity contribution < 1.29 is 24.2 Å². The number of ketones is 1. The van der Waals surface area contributed by atoms with E-state index in [1.807, 2.05) is 41.4 Å². The van der Waals surface area contributed by atoms with Crippen molar-refractivity contribution in [2.24, 2.45) is 0 Å². The molecule has 8 nitrogen and oxygen atoms in total. The Morgan fingerprint density at radius 1 is 0.925 bits per heavy atom. The molecule has 1 N–H and O–H groups in total. The lowest BCUT2D eigenvalue weighted by atomic mass is 9.82. The highest BCUT2D eigenvalue weighted by atomic mass is 16.5. The Bertz CT molecular complexity index is 1700. The largest absolute Gasteiger partial charge is 0.486 e. The quantitative estimate of drug-likeness (QED) is 0.368. The van der Waals surface area contributed by atoms with Crippen LogP contribution in [0.15, 0.2) is 67.0 Å². The van der Waals surface area contributed by atoms with Crippen LogP contribution >= 0.6 is 0 Å². The van der Waals surface area contributed by atoms with E-state index in [2.05, 4.69) is 9.97 Å². The molecule has 1 saturated heterocycles. The third-order valence-corrected chi connectivity index (χ3v) is 8.37. The molecule has 2 aromatic carbocycles. The summed E-state index contributed by atoms with van der Waals surface area (Å²) in [6.07, 6.45) is 6.98. The van der Waals surface area contributed by atoms with Crippen molar-refractivity contribution in [2.75, 3.05) is 13.1 Å². The zero-order chi connectivity index (χ0) is 27.4. The number of carboxylic acids is 1. The summed E-state index contributed by atoms with van der Waals surface area (Å²) in [5.74, 6) is -0.0954. The van der Waals surface area contributed by atoms with E-state index in [0.717, 1.165) is 34.9 Å². The van der Waals surface area contributed by atoms with Gasteiger partial charge in [-0.05, 0) is 71.8 Å². The highest BCUT2D eigenvalue weighted by molar-refractivity contribution is 6.02. The van der Waals surface area contributed by atoms with Crippen molar-refractivity contribution in [1.82, 2.24) is 14.9 Å². The van der Waals surface area contributed by atoms with E-state index in [4.69, 9.17) is 4.74 Å². The van der Waals surface area contributed by atoms with Gasteiger partial charge in [-0.2, -0.15) is 0 Å². The van der Waals surface area contributed by atoms with Gasteiger partial charge in [0.1, 0.15) is 17.0 Å². The Kier molecular flexibility index (Phi) is 5.66. The number of pyridine rings is 2. The van der Waals surface area contributed by atoms with Gasteiger partial charge in [-0.15, -0.1) is 0 Å². The molecule has 0 unspecified atom stereocenters. The maximum Gasteiger partial charge on any atom is 0.354 e. The van der Waals surface area contributed by atoms with Gasteiger partial charge in [0.25, 0.3) is 5.91 Å². The molecular weight excluding hydrogens is 506 g/mol. The minimum atomic E-state index is -1.10. The Labute approximate surface area is 230 Å². The van der Waals surface area contributed by atoms with E-state index in [1.54, 1.807) is 18.2 Å². The highest BCUT2D eigenvalue weighted by Gasteiger charge is 2.44. The Hall–Kier alpha value is -4.59. The number of hydrogen-bond donors (Lipinski definition) is 1. The van der Waals surface area contributed by atoms with Crippen LogP contribution in [0.1, 0.15) is 74.9 Å². The van der Waals surface area contributed by atoms with Crippen molar-refractivity contribution in [3.63, 3.8) is 0 Å². The van der Waals surface area contributed by atoms with Crippen LogP contribution in [-0.4, -0.2) is 56.3 Å². The van der Waals surface area contributed by atoms with Gasteiger partial charge in [-0.1, -0.05) is 12.1 Å². The fraction of sp³-hybridized carbons (Fsp3) is 0.281. The lowest BCUT2D eigenvalue weighted by Crippen LogP contribution is -2.52. The third kappa shape index (κ3) is 4.29. The smallest absolute Gasteiger partial charge is 0.354 e. The predicted octanol–water partition coefficient (Wildman–Crippen LogP) is 5.51. The number of amides is 1. The molecule has 2 aromatic heterocycles. The summed E-state index contributed by atoms with van der Waals surface area (Å²) in [5, 5.41) is 11.4. The first-order valence-electron chi connectivity index (χ1n) is 13.6. The van der Waals surface area contributed by atoms with Gasteiger partial charge >= 0.3 is 5.97 Å². The lowest BCUT2D eigenvalue weighted by Gasteiger charge is -2.44. The molecule has 4 heterocycles. The number of aromatic carboxylic acids is 1. The van der Waals surface area contributed by atoms with Gasteiger partial charge in [-0.3, -0.25) is 14.6 Å². The first-order valence-corrected chi connectivity index (χ1v) is 13.6.